The molecule has 2 fully saturated rings. The molecule has 2 aromatic carbocycles. The molecule has 3 aliphatic rings. The van der Waals surface area contributed by atoms with Gasteiger partial charge in [-0.15, -0.1) is 0 Å². The predicted molar refractivity (Wildman–Crippen MR) is 175 cm³/mol. The van der Waals surface area contributed by atoms with Gasteiger partial charge in [0.05, 0.1) is 23.9 Å². The van der Waals surface area contributed by atoms with E-state index in [0.717, 1.165) is 57.9 Å². The highest BCUT2D eigenvalue weighted by atomic mass is 35.5. The molecule has 1 unspecified atom stereocenters. The van der Waals surface area contributed by atoms with Gasteiger partial charge in [0.2, 0.25) is 12.5 Å². The largest absolute Gasteiger partial charge is 0.463 e. The van der Waals surface area contributed by atoms with Crippen LogP contribution in [-0.4, -0.2) is 91.2 Å². The van der Waals surface area contributed by atoms with E-state index in [2.05, 4.69) is 64.5 Å². The molecular weight excluding hydrogens is 574 g/mol. The Morgan fingerprint density at radius 3 is 2.75 bits per heavy atom. The summed E-state index contributed by atoms with van der Waals surface area (Å²) in [5.41, 5.74) is 3.15. The first-order valence-electron chi connectivity index (χ1n) is 15.5. The maximum atomic E-state index is 12.6. The number of rotatable bonds is 8. The highest BCUT2D eigenvalue weighted by molar-refractivity contribution is 6.36. The summed E-state index contributed by atoms with van der Waals surface area (Å²) < 4.78 is 6.41. The molecule has 3 atom stereocenters. The van der Waals surface area contributed by atoms with E-state index >= 15 is 0 Å². The number of piperazine rings is 1. The molecule has 1 aromatic heterocycles. The Balaban J connectivity index is 1.34. The number of ether oxygens (including phenoxy) is 1. The Labute approximate surface area is 264 Å². The van der Waals surface area contributed by atoms with Gasteiger partial charge in [0.25, 0.3) is 0 Å². The van der Waals surface area contributed by atoms with E-state index in [1.807, 2.05) is 12.1 Å². The van der Waals surface area contributed by atoms with Crippen LogP contribution in [0.4, 0.5) is 11.5 Å². The van der Waals surface area contributed by atoms with E-state index in [1.54, 1.807) is 4.90 Å². The van der Waals surface area contributed by atoms with Crippen molar-refractivity contribution in [2.45, 2.75) is 44.3 Å². The molecule has 3 heterocycles. The second-order valence-corrected chi connectivity index (χ2v) is 12.7. The quantitative estimate of drug-likeness (QED) is 0.259. The number of halogens is 1. The zero-order valence-electron chi connectivity index (χ0n) is 25.6. The maximum Gasteiger partial charge on any atom is 0.318 e. The van der Waals surface area contributed by atoms with Crippen LogP contribution >= 0.6 is 11.6 Å². The van der Waals surface area contributed by atoms with Crippen LogP contribution < -0.4 is 14.5 Å². The third kappa shape index (κ3) is 5.93. The van der Waals surface area contributed by atoms with Crippen molar-refractivity contribution in [2.24, 2.45) is 5.92 Å². The number of carbonyl (C=O) groups is 1. The van der Waals surface area contributed by atoms with Gasteiger partial charge in [0, 0.05) is 54.8 Å². The zero-order chi connectivity index (χ0) is 30.8. The molecule has 1 aliphatic carbocycles. The van der Waals surface area contributed by atoms with Crippen LogP contribution in [-0.2, 0) is 17.8 Å². The number of aromatic nitrogens is 2. The van der Waals surface area contributed by atoms with E-state index in [9.17, 15) is 4.79 Å². The standard InChI is InChI=1S/C34H40ClN7O2/c1-5-31(43)42-18-17-41(20-25(42)19-36-2)33-26-15-16-40(30-14-7-10-23-9-6-12-27(35)32(23)30)21-28(26)37-34(38-33)44-22-24-11-8-13-29(24)39(3)4/h5-7,9-10,12,14,24-25,29H,1,8,11,13,15-22H2,3-4H3/t24-,25?,29-/m0/s1. The lowest BCUT2D eigenvalue weighted by Gasteiger charge is -2.41. The third-order valence-electron chi connectivity index (χ3n) is 9.45. The van der Waals surface area contributed by atoms with Gasteiger partial charge in [-0.25, -0.2) is 6.57 Å². The maximum absolute atomic E-state index is 12.6. The van der Waals surface area contributed by atoms with Crippen molar-refractivity contribution in [3.05, 3.63) is 76.8 Å². The van der Waals surface area contributed by atoms with Crippen molar-refractivity contribution in [3.8, 4) is 6.01 Å². The van der Waals surface area contributed by atoms with Crippen LogP contribution in [0.15, 0.2) is 49.1 Å². The van der Waals surface area contributed by atoms with Gasteiger partial charge >= 0.3 is 6.01 Å². The summed E-state index contributed by atoms with van der Waals surface area (Å²) in [4.78, 5) is 34.9. The number of amides is 1. The lowest BCUT2D eigenvalue weighted by Crippen LogP contribution is -2.56. The van der Waals surface area contributed by atoms with Crippen molar-refractivity contribution in [3.63, 3.8) is 0 Å². The van der Waals surface area contributed by atoms with Gasteiger partial charge in [-0.1, -0.05) is 48.9 Å². The molecule has 0 radical (unpaired) electrons. The van der Waals surface area contributed by atoms with Crippen LogP contribution in [0.3, 0.4) is 0 Å². The van der Waals surface area contributed by atoms with Gasteiger partial charge < -0.3 is 29.2 Å². The molecular formula is C34H40ClN7O2. The van der Waals surface area contributed by atoms with Crippen LogP contribution in [0.1, 0.15) is 30.5 Å². The minimum Gasteiger partial charge on any atom is -0.463 e. The topological polar surface area (TPSA) is 69.4 Å². The summed E-state index contributed by atoms with van der Waals surface area (Å²) in [5.74, 6) is 1.15. The summed E-state index contributed by atoms with van der Waals surface area (Å²) in [7, 11) is 4.28. The van der Waals surface area contributed by atoms with Crippen molar-refractivity contribution >= 4 is 39.8 Å². The van der Waals surface area contributed by atoms with Crippen molar-refractivity contribution in [2.75, 3.05) is 63.2 Å². The SMILES string of the molecule is [C-]#[N+]CC1CN(c2nc(OC[C@@H]3CCC[C@@H]3N(C)C)nc3c2CCN(c2cccc4cccc(Cl)c24)C3)CCN1C(=O)C=C. The van der Waals surface area contributed by atoms with Gasteiger partial charge in [-0.2, -0.15) is 9.97 Å². The molecule has 44 heavy (non-hydrogen) atoms. The molecule has 0 N–H and O–H groups in total. The predicted octanol–water partition coefficient (Wildman–Crippen LogP) is 5.08. The molecule has 0 spiro atoms. The molecule has 2 aliphatic heterocycles. The first-order valence-corrected chi connectivity index (χ1v) is 15.9. The second kappa shape index (κ2) is 13.0. The molecule has 10 heteroatoms. The summed E-state index contributed by atoms with van der Waals surface area (Å²) in [6.45, 7) is 15.0. The summed E-state index contributed by atoms with van der Waals surface area (Å²) in [6, 6.07) is 13.0. The summed E-state index contributed by atoms with van der Waals surface area (Å²) >= 11 is 6.72. The van der Waals surface area contributed by atoms with Gasteiger partial charge in [0.1, 0.15) is 11.9 Å². The van der Waals surface area contributed by atoms with Crippen molar-refractivity contribution in [1.82, 2.24) is 19.8 Å². The Morgan fingerprint density at radius 1 is 1.16 bits per heavy atom. The van der Waals surface area contributed by atoms with Crippen molar-refractivity contribution in [1.29, 1.82) is 0 Å². The van der Waals surface area contributed by atoms with E-state index in [1.165, 1.54) is 18.9 Å². The number of anilines is 2. The van der Waals surface area contributed by atoms with Gasteiger partial charge in [-0.3, -0.25) is 4.79 Å². The average molecular weight is 614 g/mol. The molecule has 9 nitrogen and oxygen atoms in total. The zero-order valence-corrected chi connectivity index (χ0v) is 26.3. The van der Waals surface area contributed by atoms with E-state index in [4.69, 9.17) is 32.9 Å². The fourth-order valence-corrected chi connectivity index (χ4v) is 7.53. The van der Waals surface area contributed by atoms with Crippen LogP contribution in [0.2, 0.25) is 5.02 Å². The van der Waals surface area contributed by atoms with Gasteiger partial charge in [0.15, 0.2) is 0 Å². The highest BCUT2D eigenvalue weighted by Crippen LogP contribution is 2.37. The fourth-order valence-electron chi connectivity index (χ4n) is 7.25. The Morgan fingerprint density at radius 2 is 1.98 bits per heavy atom. The normalized spacial score (nSPS) is 21.8. The van der Waals surface area contributed by atoms with E-state index in [0.29, 0.717) is 50.8 Å². The van der Waals surface area contributed by atoms with E-state index in [-0.39, 0.29) is 18.5 Å². The lowest BCUT2D eigenvalue weighted by atomic mass is 10.0. The fraction of sp³-hybridized carbons (Fsp3) is 0.471. The van der Waals surface area contributed by atoms with Gasteiger partial charge in [-0.05, 0) is 57.0 Å². The first-order chi connectivity index (χ1) is 21.4. The lowest BCUT2D eigenvalue weighted by molar-refractivity contribution is -0.128. The van der Waals surface area contributed by atoms with Crippen LogP contribution in [0.25, 0.3) is 15.6 Å². The molecule has 1 amide bonds. The summed E-state index contributed by atoms with van der Waals surface area (Å²) in [6.07, 6.45) is 5.61. The molecule has 1 saturated heterocycles. The average Bonchev–Trinajstić information content (AvgIpc) is 3.52. The molecule has 6 rings (SSSR count). The number of nitrogens with zero attached hydrogens (tertiary/aromatic N) is 7. The smallest absolute Gasteiger partial charge is 0.318 e. The second-order valence-electron chi connectivity index (χ2n) is 12.3. The molecule has 230 valence electrons. The third-order valence-corrected chi connectivity index (χ3v) is 9.76. The van der Waals surface area contributed by atoms with Crippen LogP contribution in [0, 0.1) is 12.5 Å². The minimum absolute atomic E-state index is 0.136. The Kier molecular flexibility index (Phi) is 8.92. The molecule has 3 aromatic rings. The molecule has 0 bridgehead atoms. The first kappa shape index (κ1) is 30.2. The summed E-state index contributed by atoms with van der Waals surface area (Å²) in [5, 5.41) is 2.89. The van der Waals surface area contributed by atoms with Crippen molar-refractivity contribution < 1.29 is 9.53 Å². The molecule has 1 saturated carbocycles. The number of benzene rings is 2. The van der Waals surface area contributed by atoms with Crippen LogP contribution in [0.5, 0.6) is 6.01 Å². The Bertz CT molecular complexity index is 1580. The number of hydrogen-bond donors (Lipinski definition) is 0. The van der Waals surface area contributed by atoms with E-state index < -0.39 is 0 Å². The minimum atomic E-state index is -0.237. The number of hydrogen-bond acceptors (Lipinski definition) is 7. The number of carbonyl (C=O) groups excluding carboxylic acids is 1. The monoisotopic (exact) mass is 613 g/mol. The Hall–Kier alpha value is -3.87. The number of fused-ring (bicyclic) bond motifs is 2. The highest BCUT2D eigenvalue weighted by Gasteiger charge is 2.35.